The van der Waals surface area contributed by atoms with E-state index in [4.69, 9.17) is 0 Å². The highest BCUT2D eigenvalue weighted by molar-refractivity contribution is 6.01. The Balaban J connectivity index is 0.000000163. The van der Waals surface area contributed by atoms with Gasteiger partial charge in [0, 0.05) is 0 Å². The van der Waals surface area contributed by atoms with Crippen LogP contribution in [0.15, 0.2) is 60.7 Å². The number of carbonyl (C=O) groups excluding carboxylic acids is 2. The molecule has 0 bridgehead atoms. The SMILES string of the molecule is O=C1CC(=O)NN1.c1ccc(-c2ccccc2)cc1. The van der Waals surface area contributed by atoms with Crippen LogP contribution < -0.4 is 10.9 Å². The van der Waals surface area contributed by atoms with Crippen LogP contribution in [0.4, 0.5) is 0 Å². The summed E-state index contributed by atoms with van der Waals surface area (Å²) in [6, 6.07) is 20.8. The van der Waals surface area contributed by atoms with Gasteiger partial charge in [0.1, 0.15) is 6.42 Å². The fourth-order valence-corrected chi connectivity index (χ4v) is 1.63. The van der Waals surface area contributed by atoms with Crippen LogP contribution in [-0.2, 0) is 9.59 Å². The average Bonchev–Trinajstić information content (AvgIpc) is 2.85. The Morgan fingerprint density at radius 1 is 0.632 bits per heavy atom. The molecule has 1 heterocycles. The molecule has 2 aromatic carbocycles. The Morgan fingerprint density at radius 3 is 1.26 bits per heavy atom. The summed E-state index contributed by atoms with van der Waals surface area (Å²) in [5.74, 6) is -0.519. The van der Waals surface area contributed by atoms with Crippen LogP contribution in [0.2, 0.25) is 0 Å². The summed E-state index contributed by atoms with van der Waals surface area (Å²) in [7, 11) is 0. The lowest BCUT2D eigenvalue weighted by Crippen LogP contribution is -2.28. The molecule has 0 saturated carbocycles. The third kappa shape index (κ3) is 3.96. The minimum Gasteiger partial charge on any atom is -0.273 e. The standard InChI is InChI=1S/C12H10.C3H4N2O2/c1-3-7-11(8-4-1)12-9-5-2-6-10-12;6-2-1-3(7)5-4-2/h1-10H;1H2,(H,4,6)(H,5,7). The summed E-state index contributed by atoms with van der Waals surface area (Å²) in [5, 5.41) is 0. The maximum absolute atomic E-state index is 10.1. The number of nitrogens with one attached hydrogen (secondary N) is 2. The molecular formula is C15H14N2O2. The van der Waals surface area contributed by atoms with Crippen LogP contribution in [-0.4, -0.2) is 11.8 Å². The summed E-state index contributed by atoms with van der Waals surface area (Å²) < 4.78 is 0. The average molecular weight is 254 g/mol. The molecule has 3 rings (SSSR count). The van der Waals surface area contributed by atoms with Crippen LogP contribution in [0.1, 0.15) is 6.42 Å². The fraction of sp³-hybridized carbons (Fsp3) is 0.0667. The zero-order chi connectivity index (χ0) is 13.5. The summed E-state index contributed by atoms with van der Waals surface area (Å²) in [6.45, 7) is 0. The first-order valence-corrected chi connectivity index (χ1v) is 5.94. The molecule has 1 aliphatic rings. The Hall–Kier alpha value is -2.62. The van der Waals surface area contributed by atoms with Gasteiger partial charge in [-0.3, -0.25) is 20.4 Å². The third-order valence-electron chi connectivity index (χ3n) is 2.54. The van der Waals surface area contributed by atoms with Crippen molar-refractivity contribution in [1.82, 2.24) is 10.9 Å². The second kappa shape index (κ2) is 6.35. The molecule has 1 saturated heterocycles. The lowest BCUT2D eigenvalue weighted by atomic mass is 10.1. The van der Waals surface area contributed by atoms with Crippen LogP contribution in [0.5, 0.6) is 0 Å². The van der Waals surface area contributed by atoms with E-state index in [9.17, 15) is 9.59 Å². The van der Waals surface area contributed by atoms with Gasteiger partial charge in [-0.2, -0.15) is 0 Å². The van der Waals surface area contributed by atoms with Crippen LogP contribution in [0.3, 0.4) is 0 Å². The Morgan fingerprint density at radius 2 is 1.00 bits per heavy atom. The summed E-state index contributed by atoms with van der Waals surface area (Å²) in [5.41, 5.74) is 6.81. The molecule has 0 spiro atoms. The first kappa shape index (κ1) is 12.8. The topological polar surface area (TPSA) is 58.2 Å². The van der Waals surface area contributed by atoms with Crippen molar-refractivity contribution in [3.05, 3.63) is 60.7 Å². The Kier molecular flexibility index (Phi) is 4.29. The fourth-order valence-electron chi connectivity index (χ4n) is 1.63. The predicted octanol–water partition coefficient (Wildman–Crippen LogP) is 1.89. The summed E-state index contributed by atoms with van der Waals surface area (Å²) in [6.07, 6.45) is -0.0278. The normalized spacial score (nSPS) is 13.1. The van der Waals surface area contributed by atoms with E-state index in [1.54, 1.807) is 0 Å². The van der Waals surface area contributed by atoms with E-state index in [2.05, 4.69) is 59.4 Å². The molecule has 2 N–H and O–H groups in total. The van der Waals surface area contributed by atoms with Gasteiger partial charge < -0.3 is 0 Å². The van der Waals surface area contributed by atoms with Crippen molar-refractivity contribution in [1.29, 1.82) is 0 Å². The minimum atomic E-state index is -0.259. The molecule has 1 aliphatic heterocycles. The largest absolute Gasteiger partial charge is 0.273 e. The van der Waals surface area contributed by atoms with Gasteiger partial charge in [-0.05, 0) is 11.1 Å². The molecule has 2 aromatic rings. The second-order valence-corrected chi connectivity index (χ2v) is 4.01. The number of hydrazine groups is 1. The van der Waals surface area contributed by atoms with Crippen molar-refractivity contribution in [2.75, 3.05) is 0 Å². The van der Waals surface area contributed by atoms with Gasteiger partial charge in [0.2, 0.25) is 11.8 Å². The van der Waals surface area contributed by atoms with E-state index in [1.165, 1.54) is 11.1 Å². The van der Waals surface area contributed by atoms with Crippen LogP contribution >= 0.6 is 0 Å². The zero-order valence-electron chi connectivity index (χ0n) is 10.3. The molecular weight excluding hydrogens is 240 g/mol. The number of rotatable bonds is 1. The third-order valence-corrected chi connectivity index (χ3v) is 2.54. The first-order chi connectivity index (χ1) is 9.25. The van der Waals surface area contributed by atoms with Gasteiger partial charge in [0.15, 0.2) is 0 Å². The number of benzene rings is 2. The van der Waals surface area contributed by atoms with Gasteiger partial charge in [-0.1, -0.05) is 60.7 Å². The van der Waals surface area contributed by atoms with E-state index < -0.39 is 0 Å². The molecule has 96 valence electrons. The van der Waals surface area contributed by atoms with Crippen molar-refractivity contribution in [2.45, 2.75) is 6.42 Å². The van der Waals surface area contributed by atoms with E-state index in [0.717, 1.165) is 0 Å². The van der Waals surface area contributed by atoms with Crippen molar-refractivity contribution in [2.24, 2.45) is 0 Å². The lowest BCUT2D eigenvalue weighted by Gasteiger charge is -1.98. The molecule has 0 unspecified atom stereocenters. The van der Waals surface area contributed by atoms with Gasteiger partial charge in [-0.25, -0.2) is 0 Å². The molecule has 0 aromatic heterocycles. The quantitative estimate of drug-likeness (QED) is 0.763. The minimum absolute atomic E-state index is 0.0278. The zero-order valence-corrected chi connectivity index (χ0v) is 10.3. The van der Waals surface area contributed by atoms with Crippen LogP contribution in [0, 0.1) is 0 Å². The smallest absolute Gasteiger partial charge is 0.247 e. The van der Waals surface area contributed by atoms with Gasteiger partial charge in [0.05, 0.1) is 0 Å². The van der Waals surface area contributed by atoms with Crippen molar-refractivity contribution < 1.29 is 9.59 Å². The number of carbonyl (C=O) groups is 2. The number of amides is 2. The Bertz CT molecular complexity index is 501. The molecule has 0 atom stereocenters. The van der Waals surface area contributed by atoms with E-state index in [0.29, 0.717) is 0 Å². The molecule has 19 heavy (non-hydrogen) atoms. The molecule has 4 heteroatoms. The highest BCUT2D eigenvalue weighted by Gasteiger charge is 2.15. The predicted molar refractivity (Wildman–Crippen MR) is 72.8 cm³/mol. The number of hydrogen-bond donors (Lipinski definition) is 2. The van der Waals surface area contributed by atoms with Gasteiger partial charge >= 0.3 is 0 Å². The summed E-state index contributed by atoms with van der Waals surface area (Å²) in [4.78, 5) is 20.1. The molecule has 0 radical (unpaired) electrons. The Labute approximate surface area is 111 Å². The summed E-state index contributed by atoms with van der Waals surface area (Å²) >= 11 is 0. The molecule has 1 fully saturated rings. The second-order valence-electron chi connectivity index (χ2n) is 4.01. The van der Waals surface area contributed by atoms with Crippen molar-refractivity contribution in [3.8, 4) is 11.1 Å². The highest BCUT2D eigenvalue weighted by Crippen LogP contribution is 2.17. The van der Waals surface area contributed by atoms with Gasteiger partial charge in [0.25, 0.3) is 0 Å². The first-order valence-electron chi connectivity index (χ1n) is 5.94. The molecule has 2 amide bonds. The monoisotopic (exact) mass is 254 g/mol. The van der Waals surface area contributed by atoms with Crippen molar-refractivity contribution >= 4 is 11.8 Å². The van der Waals surface area contributed by atoms with Crippen molar-refractivity contribution in [3.63, 3.8) is 0 Å². The highest BCUT2D eigenvalue weighted by atomic mass is 16.2. The molecule has 4 nitrogen and oxygen atoms in total. The van der Waals surface area contributed by atoms with E-state index in [1.807, 2.05) is 12.1 Å². The molecule has 0 aliphatic carbocycles. The maximum Gasteiger partial charge on any atom is 0.247 e. The maximum atomic E-state index is 10.1. The lowest BCUT2D eigenvalue weighted by molar-refractivity contribution is -0.122. The van der Waals surface area contributed by atoms with E-state index >= 15 is 0 Å². The van der Waals surface area contributed by atoms with Crippen LogP contribution in [0.25, 0.3) is 11.1 Å². The van der Waals surface area contributed by atoms with E-state index in [-0.39, 0.29) is 18.2 Å². The number of hydrogen-bond acceptors (Lipinski definition) is 2. The van der Waals surface area contributed by atoms with Gasteiger partial charge in [-0.15, -0.1) is 0 Å².